The van der Waals surface area contributed by atoms with Gasteiger partial charge >= 0.3 is 0 Å². The van der Waals surface area contributed by atoms with Crippen molar-refractivity contribution in [1.82, 2.24) is 10.2 Å². The molecule has 0 saturated heterocycles. The Morgan fingerprint density at radius 3 is 2.40 bits per heavy atom. The van der Waals surface area contributed by atoms with Crippen LogP contribution in [0.1, 0.15) is 25.8 Å². The molecule has 0 bridgehead atoms. The largest absolute Gasteiger partial charge is 0.315 e. The molecule has 0 aliphatic heterocycles. The highest BCUT2D eigenvalue weighted by molar-refractivity contribution is 5.32. The van der Waals surface area contributed by atoms with E-state index in [1.807, 2.05) is 12.1 Å². The molecule has 1 N–H and O–H groups in total. The van der Waals surface area contributed by atoms with E-state index in [0.717, 1.165) is 44.7 Å². The van der Waals surface area contributed by atoms with E-state index < -0.39 is 0 Å². The highest BCUT2D eigenvalue weighted by atomic mass is 16.6. The van der Waals surface area contributed by atoms with E-state index in [1.165, 1.54) is 6.42 Å². The Morgan fingerprint density at radius 1 is 1.15 bits per heavy atom. The second kappa shape index (κ2) is 9.44. The first kappa shape index (κ1) is 16.6. The van der Waals surface area contributed by atoms with Crippen LogP contribution in [0.5, 0.6) is 0 Å². The van der Waals surface area contributed by atoms with E-state index in [4.69, 9.17) is 0 Å². The van der Waals surface area contributed by atoms with Gasteiger partial charge in [0.1, 0.15) is 0 Å². The molecule has 0 spiro atoms. The summed E-state index contributed by atoms with van der Waals surface area (Å²) in [5, 5.41) is 14.0. The van der Waals surface area contributed by atoms with Crippen LogP contribution in [0, 0.1) is 10.1 Å². The molecule has 1 rings (SSSR count). The van der Waals surface area contributed by atoms with Gasteiger partial charge in [0.15, 0.2) is 0 Å². The molecule has 20 heavy (non-hydrogen) atoms. The minimum Gasteiger partial charge on any atom is -0.315 e. The van der Waals surface area contributed by atoms with Crippen LogP contribution in [-0.4, -0.2) is 42.5 Å². The number of rotatable bonds is 10. The summed E-state index contributed by atoms with van der Waals surface area (Å²) in [6.45, 7) is 9.60. The van der Waals surface area contributed by atoms with E-state index in [2.05, 4.69) is 24.1 Å². The first-order valence-electron chi connectivity index (χ1n) is 7.33. The van der Waals surface area contributed by atoms with Crippen molar-refractivity contribution in [1.29, 1.82) is 0 Å². The Hall–Kier alpha value is -1.46. The third-order valence-corrected chi connectivity index (χ3v) is 3.33. The van der Waals surface area contributed by atoms with Gasteiger partial charge in [-0.1, -0.05) is 26.0 Å². The molecule has 0 fully saturated rings. The van der Waals surface area contributed by atoms with Crippen molar-refractivity contribution in [3.63, 3.8) is 0 Å². The maximum absolute atomic E-state index is 10.5. The average Bonchev–Trinajstić information content (AvgIpc) is 2.46. The van der Waals surface area contributed by atoms with Crippen LogP contribution < -0.4 is 5.32 Å². The second-order valence-electron chi connectivity index (χ2n) is 4.86. The van der Waals surface area contributed by atoms with E-state index in [-0.39, 0.29) is 10.6 Å². The Morgan fingerprint density at radius 2 is 1.85 bits per heavy atom. The summed E-state index contributed by atoms with van der Waals surface area (Å²) in [7, 11) is 0. The van der Waals surface area contributed by atoms with Crippen molar-refractivity contribution < 1.29 is 4.92 Å². The first-order chi connectivity index (χ1) is 9.67. The zero-order valence-corrected chi connectivity index (χ0v) is 12.5. The second-order valence-corrected chi connectivity index (χ2v) is 4.86. The van der Waals surface area contributed by atoms with Gasteiger partial charge in [-0.05, 0) is 38.0 Å². The Balaban J connectivity index is 2.19. The third kappa shape index (κ3) is 6.12. The van der Waals surface area contributed by atoms with Gasteiger partial charge < -0.3 is 10.2 Å². The summed E-state index contributed by atoms with van der Waals surface area (Å²) in [6.07, 6.45) is 2.09. The quantitative estimate of drug-likeness (QED) is 0.406. The summed E-state index contributed by atoms with van der Waals surface area (Å²) in [5.41, 5.74) is 1.28. The van der Waals surface area contributed by atoms with Gasteiger partial charge in [0.25, 0.3) is 5.69 Å². The molecular weight excluding hydrogens is 254 g/mol. The lowest BCUT2D eigenvalue weighted by molar-refractivity contribution is -0.384. The fraction of sp³-hybridized carbons (Fsp3) is 0.600. The number of likely N-dealkylation sites (N-methyl/N-ethyl adjacent to an activating group) is 1. The summed E-state index contributed by atoms with van der Waals surface area (Å²) in [6, 6.07) is 6.79. The number of hydrogen-bond acceptors (Lipinski definition) is 4. The summed E-state index contributed by atoms with van der Waals surface area (Å²) in [4.78, 5) is 12.6. The van der Waals surface area contributed by atoms with E-state index in [9.17, 15) is 10.1 Å². The van der Waals surface area contributed by atoms with Gasteiger partial charge in [-0.3, -0.25) is 10.1 Å². The van der Waals surface area contributed by atoms with Crippen molar-refractivity contribution in [3.05, 3.63) is 39.9 Å². The predicted octanol–water partition coefficient (Wildman–Crippen LogP) is 2.46. The van der Waals surface area contributed by atoms with Crippen molar-refractivity contribution in [2.24, 2.45) is 0 Å². The molecule has 1 aromatic rings. The van der Waals surface area contributed by atoms with Crippen LogP contribution in [0.15, 0.2) is 24.3 Å². The molecule has 1 aromatic carbocycles. The van der Waals surface area contributed by atoms with Crippen molar-refractivity contribution in [3.8, 4) is 0 Å². The van der Waals surface area contributed by atoms with Crippen molar-refractivity contribution >= 4 is 5.69 Å². The van der Waals surface area contributed by atoms with Gasteiger partial charge in [0.05, 0.1) is 4.92 Å². The van der Waals surface area contributed by atoms with Gasteiger partial charge in [-0.25, -0.2) is 0 Å². The Bertz CT molecular complexity index is 393. The Labute approximate surface area is 121 Å². The lowest BCUT2D eigenvalue weighted by Crippen LogP contribution is -2.33. The van der Waals surface area contributed by atoms with Gasteiger partial charge in [-0.2, -0.15) is 0 Å². The zero-order chi connectivity index (χ0) is 14.8. The first-order valence-corrected chi connectivity index (χ1v) is 7.33. The van der Waals surface area contributed by atoms with Gasteiger partial charge in [0, 0.05) is 25.2 Å². The standard InChI is InChI=1S/C15H25N3O2/c1-3-12-17(4-2)13-11-16-10-9-14-5-7-15(8-6-14)18(19)20/h5-8,16H,3-4,9-13H2,1-2H3. The van der Waals surface area contributed by atoms with Crippen LogP contribution in [-0.2, 0) is 6.42 Å². The number of nitro benzene ring substituents is 1. The predicted molar refractivity (Wildman–Crippen MR) is 82.1 cm³/mol. The number of nitro groups is 1. The zero-order valence-electron chi connectivity index (χ0n) is 12.5. The topological polar surface area (TPSA) is 58.4 Å². The molecule has 0 radical (unpaired) electrons. The maximum Gasteiger partial charge on any atom is 0.269 e. The highest BCUT2D eigenvalue weighted by Crippen LogP contribution is 2.11. The van der Waals surface area contributed by atoms with E-state index in [1.54, 1.807) is 12.1 Å². The third-order valence-electron chi connectivity index (χ3n) is 3.33. The number of hydrogen-bond donors (Lipinski definition) is 1. The fourth-order valence-electron chi connectivity index (χ4n) is 2.12. The van der Waals surface area contributed by atoms with Crippen LogP contribution in [0.4, 0.5) is 5.69 Å². The monoisotopic (exact) mass is 279 g/mol. The molecule has 5 nitrogen and oxygen atoms in total. The molecular formula is C15H25N3O2. The van der Waals surface area contributed by atoms with Crippen molar-refractivity contribution in [2.75, 3.05) is 32.7 Å². The number of nitrogens with zero attached hydrogens (tertiary/aromatic N) is 2. The SMILES string of the molecule is CCCN(CC)CCNCCc1ccc([N+](=O)[O-])cc1. The minimum absolute atomic E-state index is 0.153. The van der Waals surface area contributed by atoms with Gasteiger partial charge in [-0.15, -0.1) is 0 Å². The number of non-ortho nitro benzene ring substituents is 1. The smallest absolute Gasteiger partial charge is 0.269 e. The molecule has 0 aromatic heterocycles. The molecule has 0 heterocycles. The highest BCUT2D eigenvalue weighted by Gasteiger charge is 2.03. The number of nitrogens with one attached hydrogen (secondary N) is 1. The number of benzene rings is 1. The minimum atomic E-state index is -0.366. The molecule has 0 amide bonds. The average molecular weight is 279 g/mol. The van der Waals surface area contributed by atoms with E-state index in [0.29, 0.717) is 0 Å². The molecule has 0 saturated carbocycles. The molecule has 5 heteroatoms. The maximum atomic E-state index is 10.5. The normalized spacial score (nSPS) is 10.9. The van der Waals surface area contributed by atoms with Crippen LogP contribution in [0.3, 0.4) is 0 Å². The summed E-state index contributed by atoms with van der Waals surface area (Å²) in [5.74, 6) is 0. The lowest BCUT2D eigenvalue weighted by atomic mass is 10.1. The van der Waals surface area contributed by atoms with Crippen LogP contribution in [0.25, 0.3) is 0 Å². The van der Waals surface area contributed by atoms with E-state index >= 15 is 0 Å². The summed E-state index contributed by atoms with van der Waals surface area (Å²) >= 11 is 0. The molecule has 112 valence electrons. The molecule has 0 unspecified atom stereocenters. The van der Waals surface area contributed by atoms with Crippen LogP contribution in [0.2, 0.25) is 0 Å². The Kier molecular flexibility index (Phi) is 7.84. The fourth-order valence-corrected chi connectivity index (χ4v) is 2.12. The van der Waals surface area contributed by atoms with Gasteiger partial charge in [0.2, 0.25) is 0 Å². The summed E-state index contributed by atoms with van der Waals surface area (Å²) < 4.78 is 0. The molecule has 0 atom stereocenters. The van der Waals surface area contributed by atoms with Crippen LogP contribution >= 0.6 is 0 Å². The lowest BCUT2D eigenvalue weighted by Gasteiger charge is -2.19. The van der Waals surface area contributed by atoms with Crippen molar-refractivity contribution in [2.45, 2.75) is 26.7 Å². The molecule has 0 aliphatic rings. The molecule has 0 aliphatic carbocycles.